The summed E-state index contributed by atoms with van der Waals surface area (Å²) in [7, 11) is 0. The van der Waals surface area contributed by atoms with Crippen molar-refractivity contribution in [3.63, 3.8) is 0 Å². The highest BCUT2D eigenvalue weighted by atomic mass is 32.2. The monoisotopic (exact) mass is 455 g/mol. The van der Waals surface area contributed by atoms with E-state index in [2.05, 4.69) is 5.32 Å². The summed E-state index contributed by atoms with van der Waals surface area (Å²) in [5.74, 6) is 0.293. The summed E-state index contributed by atoms with van der Waals surface area (Å²) in [5.41, 5.74) is 2.05. The van der Waals surface area contributed by atoms with Crippen LogP contribution < -0.4 is 15.7 Å². The second-order valence-corrected chi connectivity index (χ2v) is 8.26. The summed E-state index contributed by atoms with van der Waals surface area (Å²) in [4.78, 5) is 36.9. The lowest BCUT2D eigenvalue weighted by Crippen LogP contribution is -2.43. The van der Waals surface area contributed by atoms with Gasteiger partial charge in [-0.25, -0.2) is 14.4 Å². The first-order valence-corrected chi connectivity index (χ1v) is 11.5. The van der Waals surface area contributed by atoms with Crippen LogP contribution in [0.1, 0.15) is 23.1 Å². The number of hydrogen-bond acceptors (Lipinski definition) is 7. The van der Waals surface area contributed by atoms with E-state index in [0.717, 1.165) is 16.5 Å². The van der Waals surface area contributed by atoms with Crippen LogP contribution in [0.3, 0.4) is 0 Å². The Morgan fingerprint density at radius 2 is 1.88 bits per heavy atom. The Hall–Kier alpha value is -3.26. The van der Waals surface area contributed by atoms with E-state index in [1.165, 1.54) is 6.07 Å². The molecule has 1 heterocycles. The molecule has 0 bridgehead atoms. The van der Waals surface area contributed by atoms with Gasteiger partial charge in [-0.2, -0.15) is 11.8 Å². The molecule has 0 aliphatic rings. The molecule has 1 aromatic heterocycles. The number of alkyl carbamates (subject to hydrolysis) is 1. The number of hydrogen-bond donors (Lipinski definition) is 1. The molecule has 0 saturated heterocycles. The first kappa shape index (κ1) is 23.4. The van der Waals surface area contributed by atoms with Crippen molar-refractivity contribution in [2.75, 3.05) is 12.0 Å². The molecule has 1 amide bonds. The Labute approximate surface area is 190 Å². The van der Waals surface area contributed by atoms with Gasteiger partial charge in [-0.1, -0.05) is 30.3 Å². The molecule has 168 valence electrons. The van der Waals surface area contributed by atoms with E-state index >= 15 is 0 Å². The van der Waals surface area contributed by atoms with Crippen LogP contribution in [0.25, 0.3) is 11.0 Å². The lowest BCUT2D eigenvalue weighted by molar-refractivity contribution is -0.136. The summed E-state index contributed by atoms with van der Waals surface area (Å²) in [5, 5.41) is 3.36. The highest BCUT2D eigenvalue weighted by Crippen LogP contribution is 2.28. The second kappa shape index (κ2) is 10.9. The predicted molar refractivity (Wildman–Crippen MR) is 124 cm³/mol. The van der Waals surface area contributed by atoms with Crippen LogP contribution in [0.2, 0.25) is 0 Å². The van der Waals surface area contributed by atoms with E-state index in [-0.39, 0.29) is 12.4 Å². The van der Waals surface area contributed by atoms with Gasteiger partial charge in [0.25, 0.3) is 0 Å². The van der Waals surface area contributed by atoms with Crippen molar-refractivity contribution in [3.8, 4) is 5.75 Å². The van der Waals surface area contributed by atoms with Gasteiger partial charge in [0.1, 0.15) is 24.0 Å². The highest BCUT2D eigenvalue weighted by molar-refractivity contribution is 7.98. The van der Waals surface area contributed by atoms with Crippen LogP contribution in [0, 0.1) is 13.8 Å². The average molecular weight is 456 g/mol. The molecule has 0 aliphatic carbocycles. The molecule has 0 saturated carbocycles. The van der Waals surface area contributed by atoms with E-state index in [9.17, 15) is 14.4 Å². The third kappa shape index (κ3) is 5.91. The normalized spacial score (nSPS) is 11.7. The van der Waals surface area contributed by atoms with Crippen LogP contribution >= 0.6 is 11.8 Å². The maximum atomic E-state index is 12.9. The minimum atomic E-state index is -0.884. The number of carbonyl (C=O) groups excluding carboxylic acids is 2. The Bertz CT molecular complexity index is 1160. The largest absolute Gasteiger partial charge is 0.445 e. The van der Waals surface area contributed by atoms with E-state index in [0.29, 0.717) is 23.3 Å². The smallest absolute Gasteiger partial charge is 0.408 e. The van der Waals surface area contributed by atoms with Gasteiger partial charge in [-0.15, -0.1) is 0 Å². The zero-order chi connectivity index (χ0) is 23.1. The van der Waals surface area contributed by atoms with Crippen LogP contribution in [0.15, 0.2) is 57.7 Å². The summed E-state index contributed by atoms with van der Waals surface area (Å²) >= 11 is 1.55. The number of esters is 1. The molecule has 0 aliphatic heterocycles. The zero-order valence-electron chi connectivity index (χ0n) is 18.2. The first-order chi connectivity index (χ1) is 15.4. The van der Waals surface area contributed by atoms with Crippen molar-refractivity contribution in [3.05, 3.63) is 75.6 Å². The standard InChI is InChI=1S/C24H25NO6S/c1-15-13-21(26)31-22-16(2)20(10-9-18(15)22)30-23(27)19(11-12-32-3)25-24(28)29-14-17-7-5-4-6-8-17/h4-10,13,19H,11-12,14H2,1-3H3,(H,25,28)/t19-/m0/s1. The van der Waals surface area contributed by atoms with Crippen LogP contribution in [-0.2, 0) is 16.1 Å². The number of carbonyl (C=O) groups is 2. The van der Waals surface area contributed by atoms with E-state index in [4.69, 9.17) is 13.9 Å². The number of thioether (sulfide) groups is 1. The number of ether oxygens (including phenoxy) is 2. The van der Waals surface area contributed by atoms with E-state index in [1.54, 1.807) is 30.8 Å². The Morgan fingerprint density at radius 3 is 2.59 bits per heavy atom. The van der Waals surface area contributed by atoms with Gasteiger partial charge >= 0.3 is 17.7 Å². The molecular formula is C24H25NO6S. The van der Waals surface area contributed by atoms with Crippen molar-refractivity contribution >= 4 is 34.8 Å². The van der Waals surface area contributed by atoms with Gasteiger partial charge in [0.15, 0.2) is 0 Å². The molecule has 3 rings (SSSR count). The van der Waals surface area contributed by atoms with E-state index in [1.807, 2.05) is 43.5 Å². The van der Waals surface area contributed by atoms with Gasteiger partial charge in [0.05, 0.1) is 0 Å². The van der Waals surface area contributed by atoms with Crippen molar-refractivity contribution in [2.24, 2.45) is 0 Å². The molecule has 0 radical (unpaired) electrons. The SMILES string of the molecule is CSCC[C@H](NC(=O)OCc1ccccc1)C(=O)Oc1ccc2c(C)cc(=O)oc2c1C. The number of aryl methyl sites for hydroxylation is 2. The molecule has 0 fully saturated rings. The van der Waals surface area contributed by atoms with Crippen LogP contribution in [-0.4, -0.2) is 30.1 Å². The summed E-state index contributed by atoms with van der Waals surface area (Å²) in [6.45, 7) is 3.62. The van der Waals surface area contributed by atoms with Crippen molar-refractivity contribution in [1.29, 1.82) is 0 Å². The summed E-state index contributed by atoms with van der Waals surface area (Å²) in [6.07, 6.45) is 1.59. The quantitative estimate of drug-likeness (QED) is 0.306. The van der Waals surface area contributed by atoms with Gasteiger partial charge in [0.2, 0.25) is 0 Å². The zero-order valence-corrected chi connectivity index (χ0v) is 19.0. The molecule has 7 nitrogen and oxygen atoms in total. The van der Waals surface area contributed by atoms with Crippen molar-refractivity contribution in [1.82, 2.24) is 5.32 Å². The number of fused-ring (bicyclic) bond motifs is 1. The van der Waals surface area contributed by atoms with Crippen molar-refractivity contribution < 1.29 is 23.5 Å². The Morgan fingerprint density at radius 1 is 1.12 bits per heavy atom. The fourth-order valence-corrected chi connectivity index (χ4v) is 3.65. The average Bonchev–Trinajstić information content (AvgIpc) is 2.78. The maximum absolute atomic E-state index is 12.9. The van der Waals surface area contributed by atoms with Gasteiger partial charge in [0, 0.05) is 17.0 Å². The number of rotatable bonds is 8. The topological polar surface area (TPSA) is 94.8 Å². The van der Waals surface area contributed by atoms with Gasteiger partial charge in [-0.3, -0.25) is 0 Å². The third-order valence-corrected chi connectivity index (χ3v) is 5.57. The van der Waals surface area contributed by atoms with Gasteiger partial charge in [-0.05, 0) is 55.5 Å². The van der Waals surface area contributed by atoms with Gasteiger partial charge < -0.3 is 19.2 Å². The fraction of sp³-hybridized carbons (Fsp3) is 0.292. The predicted octanol–water partition coefficient (Wildman–Crippen LogP) is 4.36. The number of benzene rings is 2. The molecule has 0 spiro atoms. The minimum Gasteiger partial charge on any atom is -0.445 e. The molecule has 2 aromatic carbocycles. The third-order valence-electron chi connectivity index (χ3n) is 4.93. The molecule has 3 aromatic rings. The molecule has 8 heteroatoms. The molecule has 1 atom stereocenters. The second-order valence-electron chi connectivity index (χ2n) is 7.28. The highest BCUT2D eigenvalue weighted by Gasteiger charge is 2.24. The summed E-state index contributed by atoms with van der Waals surface area (Å²) in [6, 6.07) is 13.2. The maximum Gasteiger partial charge on any atom is 0.408 e. The fourth-order valence-electron chi connectivity index (χ4n) is 3.18. The lowest BCUT2D eigenvalue weighted by atomic mass is 10.1. The lowest BCUT2D eigenvalue weighted by Gasteiger charge is -2.18. The van der Waals surface area contributed by atoms with Crippen molar-refractivity contribution in [2.45, 2.75) is 32.9 Å². The molecule has 32 heavy (non-hydrogen) atoms. The van der Waals surface area contributed by atoms with Crippen LogP contribution in [0.5, 0.6) is 5.75 Å². The summed E-state index contributed by atoms with van der Waals surface area (Å²) < 4.78 is 16.1. The van der Waals surface area contributed by atoms with E-state index < -0.39 is 23.7 Å². The van der Waals surface area contributed by atoms with Crippen LogP contribution in [0.4, 0.5) is 4.79 Å². The Balaban J connectivity index is 1.72. The molecule has 1 N–H and O–H groups in total. The first-order valence-electron chi connectivity index (χ1n) is 10.1. The minimum absolute atomic E-state index is 0.0964. The molecule has 0 unspecified atom stereocenters. The Kier molecular flexibility index (Phi) is 7.94. The number of amides is 1. The molecular weight excluding hydrogens is 430 g/mol. The number of nitrogens with one attached hydrogen (secondary N) is 1.